The highest BCUT2D eigenvalue weighted by atomic mass is 35.5. The van der Waals surface area contributed by atoms with E-state index in [-0.39, 0.29) is 0 Å². The van der Waals surface area contributed by atoms with E-state index in [0.29, 0.717) is 26.4 Å². The first kappa shape index (κ1) is 23.2. The maximum Gasteiger partial charge on any atom is 0.118 e. The molecule has 4 rings (SSSR count). The normalized spacial score (nSPS) is 10.6. The van der Waals surface area contributed by atoms with E-state index in [1.54, 1.807) is 7.11 Å². The van der Waals surface area contributed by atoms with Crippen LogP contribution < -0.4 is 4.74 Å². The number of hydrogen-bond donors (Lipinski definition) is 0. The lowest BCUT2D eigenvalue weighted by molar-refractivity contribution is 0.415. The zero-order valence-electron chi connectivity index (χ0n) is 18.1. The highest BCUT2D eigenvalue weighted by Gasteiger charge is 2.17. The third kappa shape index (κ3) is 5.17. The van der Waals surface area contributed by atoms with Crippen LogP contribution in [0.25, 0.3) is 22.4 Å². The predicted molar refractivity (Wildman–Crippen MR) is 137 cm³/mol. The molecule has 4 aromatic rings. The molecule has 0 aliphatic carbocycles. The van der Waals surface area contributed by atoms with Gasteiger partial charge in [-0.1, -0.05) is 71.2 Å². The lowest BCUT2D eigenvalue weighted by Crippen LogP contribution is -1.97. The summed E-state index contributed by atoms with van der Waals surface area (Å²) in [5, 5.41) is 11.9. The van der Waals surface area contributed by atoms with Crippen LogP contribution in [-0.4, -0.2) is 12.1 Å². The first-order chi connectivity index (χ1) is 16.0. The van der Waals surface area contributed by atoms with Crippen molar-refractivity contribution in [3.8, 4) is 34.2 Å². The molecule has 0 aliphatic heterocycles. The summed E-state index contributed by atoms with van der Waals surface area (Å²) in [7, 11) is 1.63. The number of benzene rings is 3. The molecule has 164 valence electrons. The van der Waals surface area contributed by atoms with Gasteiger partial charge in [0.2, 0.25) is 0 Å². The van der Waals surface area contributed by atoms with Crippen molar-refractivity contribution in [1.29, 1.82) is 5.26 Å². The SMILES string of the molecule is COc1ccc(-c2cc(-c3ccc(C)cc3)nc(SCc3c(Cl)cccc3Cl)c2C#N)cc1. The molecule has 0 saturated carbocycles. The lowest BCUT2D eigenvalue weighted by Gasteiger charge is -2.14. The van der Waals surface area contributed by atoms with E-state index in [0.717, 1.165) is 33.7 Å². The fourth-order valence-electron chi connectivity index (χ4n) is 3.42. The van der Waals surface area contributed by atoms with E-state index in [4.69, 9.17) is 32.9 Å². The van der Waals surface area contributed by atoms with Gasteiger partial charge in [-0.2, -0.15) is 5.26 Å². The average molecular weight is 491 g/mol. The number of rotatable bonds is 6. The molecule has 0 atom stereocenters. The van der Waals surface area contributed by atoms with E-state index in [9.17, 15) is 5.26 Å². The standard InChI is InChI=1S/C27H20Cl2N2OS/c1-17-6-8-19(9-7-17)26-14-21(18-10-12-20(32-2)13-11-18)22(15-30)27(31-26)33-16-23-24(28)4-3-5-25(23)29/h3-14H,16H2,1-2H3. The van der Waals surface area contributed by atoms with Crippen molar-refractivity contribution in [3.05, 3.63) is 99.5 Å². The Labute approximate surface area is 208 Å². The zero-order chi connectivity index (χ0) is 23.4. The third-order valence-corrected chi connectivity index (χ3v) is 6.97. The van der Waals surface area contributed by atoms with Crippen molar-refractivity contribution in [3.63, 3.8) is 0 Å². The van der Waals surface area contributed by atoms with Gasteiger partial charge in [-0.3, -0.25) is 0 Å². The topological polar surface area (TPSA) is 45.9 Å². The van der Waals surface area contributed by atoms with Gasteiger partial charge in [0, 0.05) is 26.9 Å². The first-order valence-corrected chi connectivity index (χ1v) is 12.0. The van der Waals surface area contributed by atoms with Gasteiger partial charge >= 0.3 is 0 Å². The number of nitrogens with zero attached hydrogens (tertiary/aromatic N) is 2. The molecule has 0 spiro atoms. The summed E-state index contributed by atoms with van der Waals surface area (Å²) >= 11 is 14.2. The summed E-state index contributed by atoms with van der Waals surface area (Å²) in [4.78, 5) is 4.87. The quantitative estimate of drug-likeness (QED) is 0.255. The van der Waals surface area contributed by atoms with Gasteiger partial charge in [-0.05, 0) is 48.4 Å². The number of pyridine rings is 1. The number of hydrogen-bond acceptors (Lipinski definition) is 4. The molecule has 0 unspecified atom stereocenters. The second-order valence-corrected chi connectivity index (χ2v) is 9.21. The molecule has 0 amide bonds. The van der Waals surface area contributed by atoms with Crippen LogP contribution in [0.5, 0.6) is 5.75 Å². The Morgan fingerprint density at radius 1 is 0.939 bits per heavy atom. The van der Waals surface area contributed by atoms with E-state index in [2.05, 4.69) is 18.2 Å². The number of aromatic nitrogens is 1. The van der Waals surface area contributed by atoms with Crippen molar-refractivity contribution in [1.82, 2.24) is 4.98 Å². The maximum absolute atomic E-state index is 10.1. The van der Waals surface area contributed by atoms with E-state index < -0.39 is 0 Å². The molecule has 0 radical (unpaired) electrons. The minimum Gasteiger partial charge on any atom is -0.497 e. The van der Waals surface area contributed by atoms with Crippen LogP contribution in [-0.2, 0) is 5.75 Å². The number of nitriles is 1. The number of ether oxygens (including phenoxy) is 1. The van der Waals surface area contributed by atoms with Crippen LogP contribution in [0.2, 0.25) is 10.0 Å². The van der Waals surface area contributed by atoms with Crippen LogP contribution in [0.4, 0.5) is 0 Å². The fourth-order valence-corrected chi connectivity index (χ4v) is 5.16. The van der Waals surface area contributed by atoms with E-state index in [1.807, 2.05) is 67.6 Å². The molecule has 0 fully saturated rings. The Bertz CT molecular complexity index is 1310. The van der Waals surface area contributed by atoms with Crippen molar-refractivity contribution < 1.29 is 4.74 Å². The van der Waals surface area contributed by atoms with E-state index >= 15 is 0 Å². The smallest absolute Gasteiger partial charge is 0.118 e. The predicted octanol–water partition coefficient (Wildman–Crippen LogP) is 8.20. The summed E-state index contributed by atoms with van der Waals surface area (Å²) in [5.74, 6) is 1.26. The third-order valence-electron chi connectivity index (χ3n) is 5.26. The summed E-state index contributed by atoms with van der Waals surface area (Å²) in [6, 6.07) is 25.6. The molecule has 0 N–H and O–H groups in total. The van der Waals surface area contributed by atoms with Crippen molar-refractivity contribution >= 4 is 35.0 Å². The lowest BCUT2D eigenvalue weighted by atomic mass is 9.99. The minimum absolute atomic E-state index is 0.500. The van der Waals surface area contributed by atoms with Crippen LogP contribution in [0.3, 0.4) is 0 Å². The Kier molecular flexibility index (Phi) is 7.25. The molecule has 1 heterocycles. The number of thioether (sulfide) groups is 1. The highest BCUT2D eigenvalue weighted by Crippen LogP contribution is 2.37. The van der Waals surface area contributed by atoms with Gasteiger partial charge in [0.25, 0.3) is 0 Å². The Morgan fingerprint density at radius 2 is 1.58 bits per heavy atom. The second-order valence-electron chi connectivity index (χ2n) is 7.43. The molecular weight excluding hydrogens is 471 g/mol. The van der Waals surface area contributed by atoms with Gasteiger partial charge in [0.15, 0.2) is 0 Å². The van der Waals surface area contributed by atoms with Gasteiger partial charge in [-0.25, -0.2) is 4.98 Å². The van der Waals surface area contributed by atoms with Gasteiger partial charge in [0.05, 0.1) is 18.4 Å². The molecule has 0 saturated heterocycles. The van der Waals surface area contributed by atoms with E-state index in [1.165, 1.54) is 17.3 Å². The van der Waals surface area contributed by atoms with Crippen LogP contribution in [0, 0.1) is 18.3 Å². The number of halogens is 2. The Balaban J connectivity index is 1.83. The monoisotopic (exact) mass is 490 g/mol. The van der Waals surface area contributed by atoms with Gasteiger partial charge in [-0.15, -0.1) is 11.8 Å². The molecule has 0 aliphatic rings. The van der Waals surface area contributed by atoms with Crippen molar-refractivity contribution in [2.24, 2.45) is 0 Å². The van der Waals surface area contributed by atoms with Gasteiger partial charge in [0.1, 0.15) is 16.8 Å². The van der Waals surface area contributed by atoms with Crippen LogP contribution in [0.15, 0.2) is 77.8 Å². The summed E-state index contributed by atoms with van der Waals surface area (Å²) in [6.45, 7) is 2.05. The Morgan fingerprint density at radius 3 is 2.18 bits per heavy atom. The Hall–Kier alpha value is -2.97. The van der Waals surface area contributed by atoms with Crippen LogP contribution >= 0.6 is 35.0 Å². The molecule has 3 nitrogen and oxygen atoms in total. The zero-order valence-corrected chi connectivity index (χ0v) is 20.4. The molecular formula is C27H20Cl2N2OS. The largest absolute Gasteiger partial charge is 0.497 e. The molecule has 6 heteroatoms. The fraction of sp³-hybridized carbons (Fsp3) is 0.111. The summed E-state index contributed by atoms with van der Waals surface area (Å²) < 4.78 is 5.29. The second kappa shape index (κ2) is 10.3. The highest BCUT2D eigenvalue weighted by molar-refractivity contribution is 7.98. The molecule has 33 heavy (non-hydrogen) atoms. The minimum atomic E-state index is 0.500. The van der Waals surface area contributed by atoms with Gasteiger partial charge < -0.3 is 4.74 Å². The van der Waals surface area contributed by atoms with Crippen LogP contribution in [0.1, 0.15) is 16.7 Å². The molecule has 0 bridgehead atoms. The summed E-state index contributed by atoms with van der Waals surface area (Å²) in [6.07, 6.45) is 0. The number of aryl methyl sites for hydroxylation is 1. The number of methoxy groups -OCH3 is 1. The average Bonchev–Trinajstić information content (AvgIpc) is 2.83. The molecule has 1 aromatic heterocycles. The van der Waals surface area contributed by atoms with Crippen molar-refractivity contribution in [2.75, 3.05) is 7.11 Å². The molecule has 3 aromatic carbocycles. The maximum atomic E-state index is 10.1. The summed E-state index contributed by atoms with van der Waals surface area (Å²) in [5.41, 5.74) is 6.03. The van der Waals surface area contributed by atoms with Crippen molar-refractivity contribution in [2.45, 2.75) is 17.7 Å². The first-order valence-electron chi connectivity index (χ1n) is 10.2.